The van der Waals surface area contributed by atoms with Gasteiger partial charge in [-0.25, -0.2) is 8.42 Å². The molecule has 162 valence electrons. The third-order valence-corrected chi connectivity index (χ3v) is 9.29. The molecule has 29 heavy (non-hydrogen) atoms. The normalized spacial score (nSPS) is 20.2. The minimum Gasteiger partial charge on any atom is -0.326 e. The standard InChI is InChI=1S/C18H28N4O5S2/c1-20(2)29(26,27)22-13-9-15(10-14-22)18(23)19-16-5-7-17(8-6-16)28(24,25)21-11-3-4-12-21/h5-8,15H,3-4,9-14H2,1-2H3,(H,19,23). The number of benzene rings is 1. The Morgan fingerprint density at radius 2 is 1.48 bits per heavy atom. The quantitative estimate of drug-likeness (QED) is 0.702. The number of carbonyl (C=O) groups is 1. The van der Waals surface area contributed by atoms with E-state index in [4.69, 9.17) is 0 Å². The van der Waals surface area contributed by atoms with Crippen molar-refractivity contribution in [1.82, 2.24) is 12.9 Å². The summed E-state index contributed by atoms with van der Waals surface area (Å²) in [6.07, 6.45) is 2.64. The number of hydrogen-bond donors (Lipinski definition) is 1. The number of piperidine rings is 1. The Bertz CT molecular complexity index is 931. The number of rotatable bonds is 6. The zero-order valence-corrected chi connectivity index (χ0v) is 18.4. The second-order valence-electron chi connectivity index (χ2n) is 7.59. The van der Waals surface area contributed by atoms with Crippen molar-refractivity contribution in [2.45, 2.75) is 30.6 Å². The van der Waals surface area contributed by atoms with Gasteiger partial charge < -0.3 is 5.32 Å². The highest BCUT2D eigenvalue weighted by atomic mass is 32.2. The molecule has 0 aromatic heterocycles. The van der Waals surface area contributed by atoms with Gasteiger partial charge in [0, 0.05) is 51.9 Å². The van der Waals surface area contributed by atoms with Crippen LogP contribution in [-0.4, -0.2) is 75.9 Å². The molecule has 0 spiro atoms. The molecular formula is C18H28N4O5S2. The Morgan fingerprint density at radius 3 is 2.00 bits per heavy atom. The second kappa shape index (κ2) is 8.68. The highest BCUT2D eigenvalue weighted by Crippen LogP contribution is 2.24. The maximum atomic E-state index is 12.6. The smallest absolute Gasteiger partial charge is 0.281 e. The van der Waals surface area contributed by atoms with E-state index in [0.717, 1.165) is 12.8 Å². The SMILES string of the molecule is CN(C)S(=O)(=O)N1CCC(C(=O)Nc2ccc(S(=O)(=O)N3CCCC3)cc2)CC1. The van der Waals surface area contributed by atoms with Crippen LogP contribution in [0, 0.1) is 5.92 Å². The zero-order chi connectivity index (χ0) is 21.2. The van der Waals surface area contributed by atoms with Gasteiger partial charge in [-0.15, -0.1) is 0 Å². The number of carbonyl (C=O) groups excluding carboxylic acids is 1. The van der Waals surface area contributed by atoms with Crippen molar-refractivity contribution in [2.24, 2.45) is 5.92 Å². The highest BCUT2D eigenvalue weighted by Gasteiger charge is 2.32. The summed E-state index contributed by atoms with van der Waals surface area (Å²) in [6, 6.07) is 6.20. The molecule has 0 saturated carbocycles. The lowest BCUT2D eigenvalue weighted by molar-refractivity contribution is -0.120. The highest BCUT2D eigenvalue weighted by molar-refractivity contribution is 7.89. The van der Waals surface area contributed by atoms with Crippen LogP contribution in [0.25, 0.3) is 0 Å². The summed E-state index contributed by atoms with van der Waals surface area (Å²) in [4.78, 5) is 12.8. The summed E-state index contributed by atoms with van der Waals surface area (Å²) >= 11 is 0. The van der Waals surface area contributed by atoms with E-state index in [9.17, 15) is 21.6 Å². The van der Waals surface area contributed by atoms with Crippen LogP contribution in [0.2, 0.25) is 0 Å². The van der Waals surface area contributed by atoms with Gasteiger partial charge in [0.2, 0.25) is 15.9 Å². The molecule has 9 nitrogen and oxygen atoms in total. The van der Waals surface area contributed by atoms with E-state index in [0.29, 0.717) is 44.7 Å². The molecule has 2 aliphatic heterocycles. The fourth-order valence-corrected chi connectivity index (χ4v) is 6.26. The molecule has 2 saturated heterocycles. The molecule has 3 rings (SSSR count). The van der Waals surface area contributed by atoms with Crippen molar-refractivity contribution < 1.29 is 21.6 Å². The first kappa shape index (κ1) is 22.2. The summed E-state index contributed by atoms with van der Waals surface area (Å²) in [5.74, 6) is -0.460. The number of sulfonamides is 1. The molecule has 2 heterocycles. The summed E-state index contributed by atoms with van der Waals surface area (Å²) in [7, 11) is -3.96. The fraction of sp³-hybridized carbons (Fsp3) is 0.611. The number of amides is 1. The number of hydrogen-bond acceptors (Lipinski definition) is 5. The maximum Gasteiger partial charge on any atom is 0.281 e. The van der Waals surface area contributed by atoms with Gasteiger partial charge in [0.05, 0.1) is 4.90 Å². The average Bonchev–Trinajstić information content (AvgIpc) is 3.24. The predicted molar refractivity (Wildman–Crippen MR) is 110 cm³/mol. The van der Waals surface area contributed by atoms with Crippen molar-refractivity contribution in [3.8, 4) is 0 Å². The monoisotopic (exact) mass is 444 g/mol. The molecule has 0 atom stereocenters. The first-order chi connectivity index (χ1) is 13.6. The van der Waals surface area contributed by atoms with E-state index < -0.39 is 20.2 Å². The van der Waals surface area contributed by atoms with E-state index in [1.807, 2.05) is 0 Å². The topological polar surface area (TPSA) is 107 Å². The average molecular weight is 445 g/mol. The number of nitrogens with zero attached hydrogens (tertiary/aromatic N) is 3. The van der Waals surface area contributed by atoms with E-state index in [2.05, 4.69) is 5.32 Å². The van der Waals surface area contributed by atoms with Crippen LogP contribution in [0.5, 0.6) is 0 Å². The largest absolute Gasteiger partial charge is 0.326 e. The molecule has 1 aromatic rings. The van der Waals surface area contributed by atoms with E-state index in [1.54, 1.807) is 12.1 Å². The second-order valence-corrected chi connectivity index (χ2v) is 11.7. The van der Waals surface area contributed by atoms with Crippen LogP contribution in [-0.2, 0) is 25.0 Å². The molecule has 1 amide bonds. The van der Waals surface area contributed by atoms with Crippen LogP contribution >= 0.6 is 0 Å². The zero-order valence-electron chi connectivity index (χ0n) is 16.7. The van der Waals surface area contributed by atoms with Crippen molar-refractivity contribution in [3.05, 3.63) is 24.3 Å². The summed E-state index contributed by atoms with van der Waals surface area (Å²) in [6.45, 7) is 1.68. The Morgan fingerprint density at radius 1 is 0.931 bits per heavy atom. The number of nitrogens with one attached hydrogen (secondary N) is 1. The van der Waals surface area contributed by atoms with Gasteiger partial charge in [0.15, 0.2) is 0 Å². The van der Waals surface area contributed by atoms with Gasteiger partial charge in [-0.1, -0.05) is 0 Å². The predicted octanol–water partition coefficient (Wildman–Crippen LogP) is 0.928. The van der Waals surface area contributed by atoms with Gasteiger partial charge >= 0.3 is 0 Å². The molecular weight excluding hydrogens is 416 g/mol. The van der Waals surface area contributed by atoms with Crippen molar-refractivity contribution in [1.29, 1.82) is 0 Å². The van der Waals surface area contributed by atoms with Crippen LogP contribution in [0.15, 0.2) is 29.2 Å². The number of anilines is 1. The van der Waals surface area contributed by atoms with Crippen molar-refractivity contribution in [3.63, 3.8) is 0 Å². The molecule has 1 N–H and O–H groups in total. The van der Waals surface area contributed by atoms with Gasteiger partial charge in [0.25, 0.3) is 10.2 Å². The van der Waals surface area contributed by atoms with Gasteiger partial charge in [-0.2, -0.15) is 21.3 Å². The Balaban J connectivity index is 1.58. The Hall–Kier alpha value is -1.53. The summed E-state index contributed by atoms with van der Waals surface area (Å²) in [5.41, 5.74) is 0.527. The van der Waals surface area contributed by atoms with Gasteiger partial charge in [0.1, 0.15) is 0 Å². The summed E-state index contributed by atoms with van der Waals surface area (Å²) < 4.78 is 53.5. The fourth-order valence-electron chi connectivity index (χ4n) is 3.61. The first-order valence-corrected chi connectivity index (χ1v) is 12.5. The van der Waals surface area contributed by atoms with Crippen LogP contribution in [0.1, 0.15) is 25.7 Å². The van der Waals surface area contributed by atoms with Crippen molar-refractivity contribution >= 4 is 31.8 Å². The Labute approximate surface area is 172 Å². The minimum atomic E-state index is -3.48. The minimum absolute atomic E-state index is 0.179. The van der Waals surface area contributed by atoms with Crippen LogP contribution < -0.4 is 5.32 Å². The van der Waals surface area contributed by atoms with E-state index in [1.165, 1.54) is 39.1 Å². The molecule has 2 fully saturated rings. The molecule has 1 aromatic carbocycles. The van der Waals surface area contributed by atoms with Crippen molar-refractivity contribution in [2.75, 3.05) is 45.6 Å². The molecule has 0 radical (unpaired) electrons. The molecule has 2 aliphatic rings. The third-order valence-electron chi connectivity index (χ3n) is 5.44. The van der Waals surface area contributed by atoms with E-state index >= 15 is 0 Å². The Kier molecular flexibility index (Phi) is 6.64. The molecule has 0 bridgehead atoms. The van der Waals surface area contributed by atoms with Gasteiger partial charge in [-0.05, 0) is 49.9 Å². The molecule has 0 aliphatic carbocycles. The molecule has 0 unspecified atom stereocenters. The van der Waals surface area contributed by atoms with Crippen LogP contribution in [0.3, 0.4) is 0 Å². The first-order valence-electron chi connectivity index (χ1n) is 9.71. The lowest BCUT2D eigenvalue weighted by Gasteiger charge is -2.32. The molecule has 11 heteroatoms. The van der Waals surface area contributed by atoms with Crippen LogP contribution in [0.4, 0.5) is 5.69 Å². The van der Waals surface area contributed by atoms with Gasteiger partial charge in [-0.3, -0.25) is 4.79 Å². The summed E-state index contributed by atoms with van der Waals surface area (Å²) in [5, 5.41) is 2.81. The lowest BCUT2D eigenvalue weighted by Crippen LogP contribution is -2.46. The third kappa shape index (κ3) is 4.80. The lowest BCUT2D eigenvalue weighted by atomic mass is 9.97. The maximum absolute atomic E-state index is 12.6. The van der Waals surface area contributed by atoms with E-state index in [-0.39, 0.29) is 16.7 Å².